The van der Waals surface area contributed by atoms with E-state index in [4.69, 9.17) is 9.47 Å². The molecule has 34 heavy (non-hydrogen) atoms. The highest BCUT2D eigenvalue weighted by atomic mass is 32.2. The molecule has 1 N–H and O–H groups in total. The molecule has 1 aliphatic rings. The van der Waals surface area contributed by atoms with Crippen molar-refractivity contribution in [3.63, 3.8) is 0 Å². The van der Waals surface area contributed by atoms with Crippen molar-refractivity contribution in [1.82, 2.24) is 4.31 Å². The number of esters is 1. The van der Waals surface area contributed by atoms with E-state index in [1.54, 1.807) is 45.0 Å². The number of morpholine rings is 1. The maximum atomic E-state index is 12.7. The highest BCUT2D eigenvalue weighted by molar-refractivity contribution is 7.89. The van der Waals surface area contributed by atoms with E-state index in [9.17, 15) is 22.8 Å². The predicted molar refractivity (Wildman–Crippen MR) is 125 cm³/mol. The van der Waals surface area contributed by atoms with Gasteiger partial charge in [-0.05, 0) is 48.5 Å². The summed E-state index contributed by atoms with van der Waals surface area (Å²) in [5, 5.41) is 2.77. The van der Waals surface area contributed by atoms with Crippen LogP contribution in [0.4, 0.5) is 5.69 Å². The second kappa shape index (κ2) is 10.5. The van der Waals surface area contributed by atoms with E-state index in [1.807, 2.05) is 0 Å². The molecule has 1 amide bonds. The predicted octanol–water partition coefficient (Wildman–Crippen LogP) is 2.73. The molecule has 9 nitrogen and oxygen atoms in total. The van der Waals surface area contributed by atoms with Crippen molar-refractivity contribution in [3.05, 3.63) is 59.7 Å². The molecule has 0 atom stereocenters. The Morgan fingerprint density at radius 3 is 2.06 bits per heavy atom. The van der Waals surface area contributed by atoms with Gasteiger partial charge in [-0.1, -0.05) is 20.8 Å². The fourth-order valence-corrected chi connectivity index (χ4v) is 4.46. The van der Waals surface area contributed by atoms with E-state index in [0.717, 1.165) is 0 Å². The van der Waals surface area contributed by atoms with Gasteiger partial charge in [0, 0.05) is 29.8 Å². The Balaban J connectivity index is 1.56. The molecular formula is C24H28N2O7S. The minimum absolute atomic E-state index is 0.0701. The lowest BCUT2D eigenvalue weighted by Crippen LogP contribution is -2.40. The fraction of sp³-hybridized carbons (Fsp3) is 0.375. The van der Waals surface area contributed by atoms with Crippen molar-refractivity contribution < 1.29 is 32.3 Å². The number of hydrogen-bond acceptors (Lipinski definition) is 7. The third-order valence-electron chi connectivity index (χ3n) is 5.18. The average molecular weight is 489 g/mol. The first-order chi connectivity index (χ1) is 16.0. The van der Waals surface area contributed by atoms with Crippen molar-refractivity contribution in [2.45, 2.75) is 25.7 Å². The third kappa shape index (κ3) is 6.28. The Kier molecular flexibility index (Phi) is 7.86. The van der Waals surface area contributed by atoms with Crippen LogP contribution in [0.3, 0.4) is 0 Å². The number of nitrogens with one attached hydrogen (secondary N) is 1. The van der Waals surface area contributed by atoms with Crippen LogP contribution in [-0.2, 0) is 24.3 Å². The smallest absolute Gasteiger partial charge is 0.338 e. The Morgan fingerprint density at radius 2 is 1.50 bits per heavy atom. The summed E-state index contributed by atoms with van der Waals surface area (Å²) in [6.45, 7) is 6.15. The summed E-state index contributed by atoms with van der Waals surface area (Å²) >= 11 is 0. The maximum absolute atomic E-state index is 12.7. The van der Waals surface area contributed by atoms with Gasteiger partial charge < -0.3 is 14.8 Å². The zero-order valence-corrected chi connectivity index (χ0v) is 20.2. The van der Waals surface area contributed by atoms with Crippen LogP contribution in [-0.4, -0.2) is 63.3 Å². The molecule has 2 aromatic rings. The van der Waals surface area contributed by atoms with Crippen molar-refractivity contribution in [1.29, 1.82) is 0 Å². The zero-order chi connectivity index (χ0) is 24.9. The molecule has 1 heterocycles. The van der Waals surface area contributed by atoms with Gasteiger partial charge in [0.25, 0.3) is 0 Å². The number of Topliss-reactive ketones (excluding diaryl/α,β-unsaturated/α-hetero) is 1. The van der Waals surface area contributed by atoms with Gasteiger partial charge in [-0.25, -0.2) is 13.2 Å². The lowest BCUT2D eigenvalue weighted by molar-refractivity contribution is -0.123. The molecule has 182 valence electrons. The molecule has 1 aliphatic heterocycles. The minimum atomic E-state index is -3.66. The quantitative estimate of drug-likeness (QED) is 0.470. The summed E-state index contributed by atoms with van der Waals surface area (Å²) < 4.78 is 36.9. The average Bonchev–Trinajstić information content (AvgIpc) is 2.82. The molecule has 0 unspecified atom stereocenters. The number of anilines is 1. The summed E-state index contributed by atoms with van der Waals surface area (Å²) in [7, 11) is -3.66. The third-order valence-corrected chi connectivity index (χ3v) is 7.09. The van der Waals surface area contributed by atoms with Crippen LogP contribution in [0.2, 0.25) is 0 Å². The lowest BCUT2D eigenvalue weighted by atomic mass is 9.95. The Labute approximate surface area is 199 Å². The van der Waals surface area contributed by atoms with Crippen molar-refractivity contribution in [2.24, 2.45) is 5.41 Å². The summed E-state index contributed by atoms with van der Waals surface area (Å²) in [6, 6.07) is 11.7. The molecule has 0 aromatic heterocycles. The number of rotatable bonds is 7. The maximum Gasteiger partial charge on any atom is 0.338 e. The van der Waals surface area contributed by atoms with Crippen LogP contribution >= 0.6 is 0 Å². The standard InChI is InChI=1S/C24H28N2O7S/c1-24(2,3)23(29)25-19-8-4-17(5-9-19)21(27)16-33-22(28)18-6-10-20(11-7-18)34(30,31)26-12-14-32-15-13-26/h4-11H,12-16H2,1-3H3,(H,25,29). The molecular weight excluding hydrogens is 460 g/mol. The summed E-state index contributed by atoms with van der Waals surface area (Å²) in [6.07, 6.45) is 0. The Morgan fingerprint density at radius 1 is 0.941 bits per heavy atom. The number of carbonyl (C=O) groups is 3. The molecule has 1 saturated heterocycles. The second-order valence-corrected chi connectivity index (χ2v) is 10.8. The van der Waals surface area contributed by atoms with Gasteiger partial charge in [-0.3, -0.25) is 9.59 Å². The molecule has 0 aliphatic carbocycles. The van der Waals surface area contributed by atoms with Gasteiger partial charge in [-0.2, -0.15) is 4.31 Å². The lowest BCUT2D eigenvalue weighted by Gasteiger charge is -2.26. The molecule has 0 bridgehead atoms. The van der Waals surface area contributed by atoms with Gasteiger partial charge in [0.2, 0.25) is 15.9 Å². The molecule has 0 radical (unpaired) electrons. The first-order valence-corrected chi connectivity index (χ1v) is 12.2. The van der Waals surface area contributed by atoms with Crippen LogP contribution in [0.25, 0.3) is 0 Å². The summed E-state index contributed by atoms with van der Waals surface area (Å²) in [4.78, 5) is 36.8. The Bertz CT molecular complexity index is 1150. The topological polar surface area (TPSA) is 119 Å². The first kappa shape index (κ1) is 25.5. The number of sulfonamides is 1. The number of nitrogens with zero attached hydrogens (tertiary/aromatic N) is 1. The first-order valence-electron chi connectivity index (χ1n) is 10.8. The van der Waals surface area contributed by atoms with E-state index in [-0.39, 0.29) is 29.5 Å². The van der Waals surface area contributed by atoms with Crippen LogP contribution in [0, 0.1) is 5.41 Å². The van der Waals surface area contributed by atoms with E-state index in [2.05, 4.69) is 5.32 Å². The second-order valence-electron chi connectivity index (χ2n) is 8.82. The van der Waals surface area contributed by atoms with Gasteiger partial charge >= 0.3 is 5.97 Å². The molecule has 10 heteroatoms. The number of ketones is 1. The summed E-state index contributed by atoms with van der Waals surface area (Å²) in [5.41, 5.74) is 0.469. The summed E-state index contributed by atoms with van der Waals surface area (Å²) in [5.74, 6) is -1.30. The molecule has 1 fully saturated rings. The normalized spacial score (nSPS) is 14.9. The number of benzene rings is 2. The number of ether oxygens (including phenoxy) is 2. The van der Waals surface area contributed by atoms with Crippen LogP contribution in [0.5, 0.6) is 0 Å². The fourth-order valence-electron chi connectivity index (χ4n) is 3.05. The SMILES string of the molecule is CC(C)(C)C(=O)Nc1ccc(C(=O)COC(=O)c2ccc(S(=O)(=O)N3CCOCC3)cc2)cc1. The van der Waals surface area contributed by atoms with E-state index < -0.39 is 33.8 Å². The Hall–Kier alpha value is -3.08. The number of carbonyl (C=O) groups excluding carboxylic acids is 3. The van der Waals surface area contributed by atoms with Gasteiger partial charge in [0.05, 0.1) is 23.7 Å². The van der Waals surface area contributed by atoms with E-state index in [0.29, 0.717) is 24.5 Å². The van der Waals surface area contributed by atoms with Crippen molar-refractivity contribution >= 4 is 33.4 Å². The van der Waals surface area contributed by atoms with E-state index >= 15 is 0 Å². The largest absolute Gasteiger partial charge is 0.454 e. The van der Waals surface area contributed by atoms with Gasteiger partial charge in [0.15, 0.2) is 12.4 Å². The van der Waals surface area contributed by atoms with Crippen molar-refractivity contribution in [2.75, 3.05) is 38.2 Å². The highest BCUT2D eigenvalue weighted by Gasteiger charge is 2.26. The van der Waals surface area contributed by atoms with Crippen molar-refractivity contribution in [3.8, 4) is 0 Å². The minimum Gasteiger partial charge on any atom is -0.454 e. The molecule has 2 aromatic carbocycles. The number of hydrogen-bond donors (Lipinski definition) is 1. The zero-order valence-electron chi connectivity index (χ0n) is 19.4. The van der Waals surface area contributed by atoms with Crippen LogP contribution < -0.4 is 5.32 Å². The van der Waals surface area contributed by atoms with E-state index in [1.165, 1.54) is 28.6 Å². The highest BCUT2D eigenvalue weighted by Crippen LogP contribution is 2.19. The monoisotopic (exact) mass is 488 g/mol. The van der Waals surface area contributed by atoms with Crippen LogP contribution in [0.1, 0.15) is 41.5 Å². The van der Waals surface area contributed by atoms with Crippen LogP contribution in [0.15, 0.2) is 53.4 Å². The van der Waals surface area contributed by atoms with Gasteiger partial charge in [-0.15, -0.1) is 0 Å². The molecule has 3 rings (SSSR count). The molecule has 0 saturated carbocycles. The van der Waals surface area contributed by atoms with Gasteiger partial charge in [0.1, 0.15) is 0 Å². The number of amides is 1. The molecule has 0 spiro atoms.